The summed E-state index contributed by atoms with van der Waals surface area (Å²) in [4.78, 5) is 11.9. The van der Waals surface area contributed by atoms with Crippen molar-refractivity contribution in [1.29, 1.82) is 0 Å². The van der Waals surface area contributed by atoms with Crippen LogP contribution in [0.5, 0.6) is 0 Å². The monoisotopic (exact) mass is 307 g/mol. The fourth-order valence-electron chi connectivity index (χ4n) is 2.24. The van der Waals surface area contributed by atoms with Crippen molar-refractivity contribution < 1.29 is 0 Å². The van der Waals surface area contributed by atoms with Crippen LogP contribution in [0, 0.1) is 0 Å². The lowest BCUT2D eigenvalue weighted by molar-refractivity contribution is 0.878. The Kier molecular flexibility index (Phi) is 3.36. The summed E-state index contributed by atoms with van der Waals surface area (Å²) >= 11 is 1.70. The lowest BCUT2D eigenvalue weighted by atomic mass is 10.2. The lowest BCUT2D eigenvalue weighted by Crippen LogP contribution is -1.94. The highest BCUT2D eigenvalue weighted by atomic mass is 32.2. The molecule has 0 spiro atoms. The van der Waals surface area contributed by atoms with Crippen molar-refractivity contribution >= 4 is 22.8 Å². The van der Waals surface area contributed by atoms with E-state index in [1.807, 2.05) is 36.4 Å². The maximum absolute atomic E-state index is 4.57. The second kappa shape index (κ2) is 5.65. The molecule has 6 heteroatoms. The first-order valence-corrected chi connectivity index (χ1v) is 7.88. The molecule has 2 heterocycles. The zero-order valence-corrected chi connectivity index (χ0v) is 12.5. The van der Waals surface area contributed by atoms with Gasteiger partial charge in [-0.05, 0) is 29.8 Å². The molecule has 5 nitrogen and oxygen atoms in total. The van der Waals surface area contributed by atoms with E-state index in [0.29, 0.717) is 0 Å². The van der Waals surface area contributed by atoms with Crippen LogP contribution >= 0.6 is 11.8 Å². The van der Waals surface area contributed by atoms with Gasteiger partial charge in [-0.15, -0.1) is 0 Å². The molecule has 22 heavy (non-hydrogen) atoms. The molecule has 1 N–H and O–H groups in total. The first kappa shape index (κ1) is 13.1. The SMILES string of the molecule is c1ccc2[nH]c(SCc3ccc(-n4cncn4)cc3)nc2c1. The molecule has 0 unspecified atom stereocenters. The second-order valence-corrected chi connectivity index (χ2v) is 5.82. The van der Waals surface area contributed by atoms with Gasteiger partial charge in [0.15, 0.2) is 5.16 Å². The van der Waals surface area contributed by atoms with E-state index in [4.69, 9.17) is 0 Å². The number of aromatic nitrogens is 5. The zero-order chi connectivity index (χ0) is 14.8. The number of benzene rings is 2. The van der Waals surface area contributed by atoms with E-state index in [2.05, 4.69) is 32.2 Å². The fourth-order valence-corrected chi connectivity index (χ4v) is 3.08. The smallest absolute Gasteiger partial charge is 0.166 e. The normalized spacial score (nSPS) is 11.1. The number of hydrogen-bond donors (Lipinski definition) is 1. The van der Waals surface area contributed by atoms with Gasteiger partial charge in [0.25, 0.3) is 0 Å². The van der Waals surface area contributed by atoms with E-state index in [9.17, 15) is 0 Å². The Balaban J connectivity index is 1.47. The maximum Gasteiger partial charge on any atom is 0.166 e. The third kappa shape index (κ3) is 2.60. The van der Waals surface area contributed by atoms with Gasteiger partial charge in [-0.1, -0.05) is 36.0 Å². The van der Waals surface area contributed by atoms with E-state index in [1.54, 1.807) is 22.8 Å². The first-order chi connectivity index (χ1) is 10.9. The first-order valence-electron chi connectivity index (χ1n) is 6.90. The minimum absolute atomic E-state index is 0.872. The van der Waals surface area contributed by atoms with Crippen LogP contribution in [0.2, 0.25) is 0 Å². The van der Waals surface area contributed by atoms with Gasteiger partial charge in [0, 0.05) is 5.75 Å². The number of H-pyrrole nitrogens is 1. The summed E-state index contributed by atoms with van der Waals surface area (Å²) in [7, 11) is 0. The van der Waals surface area contributed by atoms with Gasteiger partial charge in [0.1, 0.15) is 12.7 Å². The van der Waals surface area contributed by atoms with Crippen molar-refractivity contribution in [2.45, 2.75) is 10.9 Å². The van der Waals surface area contributed by atoms with Gasteiger partial charge in [-0.25, -0.2) is 14.6 Å². The third-order valence-corrected chi connectivity index (χ3v) is 4.31. The molecule has 2 aromatic heterocycles. The molecule has 0 aliphatic carbocycles. The van der Waals surface area contributed by atoms with Crippen molar-refractivity contribution in [2.24, 2.45) is 0 Å². The van der Waals surface area contributed by atoms with Crippen molar-refractivity contribution in [3.63, 3.8) is 0 Å². The highest BCUT2D eigenvalue weighted by molar-refractivity contribution is 7.98. The van der Waals surface area contributed by atoms with Crippen LogP contribution in [0.25, 0.3) is 16.7 Å². The van der Waals surface area contributed by atoms with E-state index >= 15 is 0 Å². The molecule has 4 rings (SSSR count). The van der Waals surface area contributed by atoms with E-state index in [0.717, 1.165) is 27.6 Å². The molecule has 0 amide bonds. The van der Waals surface area contributed by atoms with Crippen molar-refractivity contribution in [3.05, 3.63) is 66.7 Å². The molecule has 0 aliphatic heterocycles. The highest BCUT2D eigenvalue weighted by Crippen LogP contribution is 2.23. The fraction of sp³-hybridized carbons (Fsp3) is 0.0625. The molecule has 0 saturated carbocycles. The lowest BCUT2D eigenvalue weighted by Gasteiger charge is -2.02. The Labute approximate surface area is 131 Å². The number of para-hydroxylation sites is 2. The summed E-state index contributed by atoms with van der Waals surface area (Å²) in [5.41, 5.74) is 4.34. The molecule has 4 aromatic rings. The number of nitrogens with one attached hydrogen (secondary N) is 1. The van der Waals surface area contributed by atoms with Crippen LogP contribution in [-0.2, 0) is 5.75 Å². The quantitative estimate of drug-likeness (QED) is 0.587. The average Bonchev–Trinajstić information content (AvgIpc) is 3.22. The number of rotatable bonds is 4. The molecule has 2 aromatic carbocycles. The van der Waals surface area contributed by atoms with Gasteiger partial charge in [0.2, 0.25) is 0 Å². The van der Waals surface area contributed by atoms with Crippen molar-refractivity contribution in [1.82, 2.24) is 24.7 Å². The molecular formula is C16H13N5S. The van der Waals surface area contributed by atoms with Gasteiger partial charge in [-0.3, -0.25) is 0 Å². The number of aromatic amines is 1. The van der Waals surface area contributed by atoms with Crippen molar-refractivity contribution in [2.75, 3.05) is 0 Å². The zero-order valence-electron chi connectivity index (χ0n) is 11.7. The summed E-state index contributed by atoms with van der Waals surface area (Å²) in [5.74, 6) is 0.872. The molecular weight excluding hydrogens is 294 g/mol. The maximum atomic E-state index is 4.57. The Bertz CT molecular complexity index is 847. The second-order valence-electron chi connectivity index (χ2n) is 4.85. The van der Waals surface area contributed by atoms with Gasteiger partial charge < -0.3 is 4.98 Å². The van der Waals surface area contributed by atoms with E-state index in [-0.39, 0.29) is 0 Å². The summed E-state index contributed by atoms with van der Waals surface area (Å²) in [6, 6.07) is 16.4. The van der Waals surface area contributed by atoms with E-state index in [1.165, 1.54) is 11.9 Å². The topological polar surface area (TPSA) is 59.4 Å². The standard InChI is InChI=1S/C16H13N5S/c1-2-4-15-14(3-1)19-16(20-15)22-9-12-5-7-13(8-6-12)21-11-17-10-18-21/h1-8,10-11H,9H2,(H,19,20). The molecule has 0 radical (unpaired) electrons. The minimum Gasteiger partial charge on any atom is -0.333 e. The molecule has 0 atom stereocenters. The highest BCUT2D eigenvalue weighted by Gasteiger charge is 2.03. The number of fused-ring (bicyclic) bond motifs is 1. The minimum atomic E-state index is 0.872. The summed E-state index contributed by atoms with van der Waals surface area (Å²) in [5, 5.41) is 5.07. The van der Waals surface area contributed by atoms with Crippen LogP contribution in [0.3, 0.4) is 0 Å². The predicted molar refractivity (Wildman–Crippen MR) is 87.0 cm³/mol. The Morgan fingerprint density at radius 2 is 1.91 bits per heavy atom. The third-order valence-electron chi connectivity index (χ3n) is 3.36. The van der Waals surface area contributed by atoms with Crippen molar-refractivity contribution in [3.8, 4) is 5.69 Å². The molecule has 108 valence electrons. The van der Waals surface area contributed by atoms with Crippen LogP contribution in [0.15, 0.2) is 66.3 Å². The molecule has 0 saturated heterocycles. The number of hydrogen-bond acceptors (Lipinski definition) is 4. The average molecular weight is 307 g/mol. The summed E-state index contributed by atoms with van der Waals surface area (Å²) < 4.78 is 1.75. The summed E-state index contributed by atoms with van der Waals surface area (Å²) in [6.45, 7) is 0. The van der Waals surface area contributed by atoms with Gasteiger partial charge in [0.05, 0.1) is 16.7 Å². The number of imidazole rings is 1. The molecule has 0 fully saturated rings. The van der Waals surface area contributed by atoms with Gasteiger partial charge in [-0.2, -0.15) is 5.10 Å². The largest absolute Gasteiger partial charge is 0.333 e. The Morgan fingerprint density at radius 1 is 1.05 bits per heavy atom. The van der Waals surface area contributed by atoms with Crippen LogP contribution in [0.1, 0.15) is 5.56 Å². The molecule has 0 bridgehead atoms. The number of thioether (sulfide) groups is 1. The number of nitrogens with zero attached hydrogens (tertiary/aromatic N) is 4. The Hall–Kier alpha value is -2.60. The summed E-state index contributed by atoms with van der Waals surface area (Å²) in [6.07, 6.45) is 3.23. The van der Waals surface area contributed by atoms with Crippen LogP contribution in [0.4, 0.5) is 0 Å². The van der Waals surface area contributed by atoms with Gasteiger partial charge >= 0.3 is 0 Å². The Morgan fingerprint density at radius 3 is 2.68 bits per heavy atom. The van der Waals surface area contributed by atoms with Crippen LogP contribution in [-0.4, -0.2) is 24.7 Å². The molecule has 0 aliphatic rings. The van der Waals surface area contributed by atoms with E-state index < -0.39 is 0 Å². The predicted octanol–water partition coefficient (Wildman–Crippen LogP) is 3.44. The van der Waals surface area contributed by atoms with Crippen LogP contribution < -0.4 is 0 Å².